The molecule has 0 heterocycles. The van der Waals surface area contributed by atoms with Crippen molar-refractivity contribution >= 4 is 5.91 Å². The second-order valence-corrected chi connectivity index (χ2v) is 4.46. The maximum atomic E-state index is 11.1. The zero-order chi connectivity index (χ0) is 11.3. The molecule has 0 bridgehead atoms. The van der Waals surface area contributed by atoms with Gasteiger partial charge in [-0.25, -0.2) is 0 Å². The summed E-state index contributed by atoms with van der Waals surface area (Å²) in [5.41, 5.74) is 10.3. The Balaban J connectivity index is 2.22. The summed E-state index contributed by atoms with van der Waals surface area (Å²) in [6.07, 6.45) is 5.67. The summed E-state index contributed by atoms with van der Waals surface area (Å²) in [5, 5.41) is 0. The first-order chi connectivity index (χ1) is 7.08. The summed E-state index contributed by atoms with van der Waals surface area (Å²) in [4.78, 5) is 11.1. The van der Waals surface area contributed by atoms with Gasteiger partial charge in [-0.3, -0.25) is 4.79 Å². The van der Waals surface area contributed by atoms with Gasteiger partial charge >= 0.3 is 0 Å². The van der Waals surface area contributed by atoms with Gasteiger partial charge in [-0.05, 0) is 19.3 Å². The maximum Gasteiger partial charge on any atom is 0.237 e. The molecular formula is C11H22N2O2. The predicted octanol–water partition coefficient (Wildman–Crippen LogP) is 0.928. The van der Waals surface area contributed by atoms with E-state index in [4.69, 9.17) is 16.2 Å². The number of amides is 1. The van der Waals surface area contributed by atoms with E-state index >= 15 is 0 Å². The van der Waals surface area contributed by atoms with Crippen molar-refractivity contribution in [3.05, 3.63) is 0 Å². The Labute approximate surface area is 91.3 Å². The highest BCUT2D eigenvalue weighted by molar-refractivity contribution is 5.84. The van der Waals surface area contributed by atoms with Crippen LogP contribution >= 0.6 is 0 Å². The van der Waals surface area contributed by atoms with Gasteiger partial charge in [-0.2, -0.15) is 0 Å². The highest BCUT2D eigenvalue weighted by Gasteiger charge is 2.40. The van der Waals surface area contributed by atoms with E-state index in [2.05, 4.69) is 6.92 Å². The number of nitrogens with two attached hydrogens (primary N) is 2. The van der Waals surface area contributed by atoms with Crippen LogP contribution in [0.25, 0.3) is 0 Å². The molecular weight excluding hydrogens is 192 g/mol. The molecule has 1 aliphatic carbocycles. The summed E-state index contributed by atoms with van der Waals surface area (Å²) < 4.78 is 5.66. The van der Waals surface area contributed by atoms with Gasteiger partial charge < -0.3 is 16.2 Å². The van der Waals surface area contributed by atoms with Crippen molar-refractivity contribution in [2.75, 3.05) is 6.61 Å². The molecule has 2 atom stereocenters. The van der Waals surface area contributed by atoms with E-state index in [1.165, 1.54) is 12.8 Å². The maximum absolute atomic E-state index is 11.1. The minimum Gasteiger partial charge on any atom is -0.378 e. The van der Waals surface area contributed by atoms with Crippen LogP contribution in [0.3, 0.4) is 0 Å². The summed E-state index contributed by atoms with van der Waals surface area (Å²) >= 11 is 0. The molecule has 0 saturated heterocycles. The topological polar surface area (TPSA) is 78.3 Å². The molecule has 0 aliphatic heterocycles. The van der Waals surface area contributed by atoms with Crippen molar-refractivity contribution in [3.8, 4) is 0 Å². The molecule has 0 aromatic heterocycles. The Bertz CT molecular complexity index is 221. The number of hydrogen-bond donors (Lipinski definition) is 2. The van der Waals surface area contributed by atoms with E-state index < -0.39 is 11.4 Å². The molecule has 1 saturated carbocycles. The van der Waals surface area contributed by atoms with Crippen molar-refractivity contribution in [3.63, 3.8) is 0 Å². The second kappa shape index (κ2) is 5.47. The molecule has 1 amide bonds. The van der Waals surface area contributed by atoms with E-state index in [9.17, 15) is 4.79 Å². The van der Waals surface area contributed by atoms with Gasteiger partial charge in [0.1, 0.15) is 0 Å². The Kier molecular flexibility index (Phi) is 4.54. The lowest BCUT2D eigenvalue weighted by molar-refractivity contribution is -0.123. The molecule has 0 aromatic carbocycles. The average molecular weight is 214 g/mol. The molecule has 0 spiro atoms. The lowest BCUT2D eigenvalue weighted by Crippen LogP contribution is -2.50. The van der Waals surface area contributed by atoms with Gasteiger partial charge in [0.15, 0.2) is 0 Å². The van der Waals surface area contributed by atoms with Gasteiger partial charge in [-0.1, -0.05) is 19.8 Å². The summed E-state index contributed by atoms with van der Waals surface area (Å²) in [7, 11) is 0. The molecule has 4 N–H and O–H groups in total. The van der Waals surface area contributed by atoms with E-state index in [0.29, 0.717) is 12.8 Å². The van der Waals surface area contributed by atoms with Gasteiger partial charge in [0, 0.05) is 13.0 Å². The Morgan fingerprint density at radius 1 is 1.53 bits per heavy atom. The minimum absolute atomic E-state index is 0.124. The lowest BCUT2D eigenvalue weighted by atomic mass is 9.99. The normalized spacial score (nSPS) is 30.7. The fourth-order valence-corrected chi connectivity index (χ4v) is 2.00. The zero-order valence-electron chi connectivity index (χ0n) is 9.50. The number of hydrogen-bond acceptors (Lipinski definition) is 3. The Morgan fingerprint density at radius 2 is 2.27 bits per heavy atom. The van der Waals surface area contributed by atoms with Crippen LogP contribution < -0.4 is 11.5 Å². The molecule has 0 aromatic rings. The van der Waals surface area contributed by atoms with Gasteiger partial charge in [0.25, 0.3) is 0 Å². The number of primary amides is 1. The second-order valence-electron chi connectivity index (χ2n) is 4.46. The first kappa shape index (κ1) is 12.5. The molecule has 1 aliphatic rings. The molecule has 4 nitrogen and oxygen atoms in total. The molecule has 0 radical (unpaired) electrons. The summed E-state index contributed by atoms with van der Waals surface area (Å²) in [5.74, 6) is -0.401. The number of carbonyl (C=O) groups excluding carboxylic acids is 1. The van der Waals surface area contributed by atoms with Gasteiger partial charge in [0.05, 0.1) is 11.6 Å². The van der Waals surface area contributed by atoms with E-state index in [0.717, 1.165) is 19.4 Å². The zero-order valence-corrected chi connectivity index (χ0v) is 9.50. The van der Waals surface area contributed by atoms with Crippen molar-refractivity contribution in [2.45, 2.75) is 57.1 Å². The number of rotatable bonds is 6. The van der Waals surface area contributed by atoms with Crippen molar-refractivity contribution in [1.29, 1.82) is 0 Å². The SMILES string of the molecule is CCCCCOC1CCC(N)(C(N)=O)C1. The Morgan fingerprint density at radius 3 is 2.80 bits per heavy atom. The highest BCUT2D eigenvalue weighted by Crippen LogP contribution is 2.29. The van der Waals surface area contributed by atoms with Crippen molar-refractivity contribution < 1.29 is 9.53 Å². The van der Waals surface area contributed by atoms with E-state index in [1.54, 1.807) is 0 Å². The van der Waals surface area contributed by atoms with Gasteiger partial charge in [0.2, 0.25) is 5.91 Å². The smallest absolute Gasteiger partial charge is 0.237 e. The number of unbranched alkanes of at least 4 members (excludes halogenated alkanes) is 2. The lowest BCUT2D eigenvalue weighted by Gasteiger charge is -2.19. The fraction of sp³-hybridized carbons (Fsp3) is 0.909. The molecule has 4 heteroatoms. The molecule has 1 rings (SSSR count). The highest BCUT2D eigenvalue weighted by atomic mass is 16.5. The van der Waals surface area contributed by atoms with Crippen LogP contribution in [0.2, 0.25) is 0 Å². The number of ether oxygens (including phenoxy) is 1. The molecule has 1 fully saturated rings. The van der Waals surface area contributed by atoms with Crippen LogP contribution in [-0.4, -0.2) is 24.2 Å². The van der Waals surface area contributed by atoms with Crippen LogP contribution in [0, 0.1) is 0 Å². The van der Waals surface area contributed by atoms with Crippen molar-refractivity contribution in [1.82, 2.24) is 0 Å². The summed E-state index contributed by atoms with van der Waals surface area (Å²) in [6.45, 7) is 2.93. The quantitative estimate of drug-likeness (QED) is 0.645. The standard InChI is InChI=1S/C11H22N2O2/c1-2-3-4-7-15-9-5-6-11(13,8-9)10(12)14/h9H,2-8,13H2,1H3,(H2,12,14). The number of carbonyl (C=O) groups is 1. The summed E-state index contributed by atoms with van der Waals surface area (Å²) in [6, 6.07) is 0. The average Bonchev–Trinajstić information content (AvgIpc) is 2.57. The molecule has 88 valence electrons. The van der Waals surface area contributed by atoms with E-state index in [1.807, 2.05) is 0 Å². The van der Waals surface area contributed by atoms with Gasteiger partial charge in [-0.15, -0.1) is 0 Å². The minimum atomic E-state index is -0.824. The molecule has 15 heavy (non-hydrogen) atoms. The first-order valence-electron chi connectivity index (χ1n) is 5.79. The third-order valence-corrected chi connectivity index (χ3v) is 3.10. The third kappa shape index (κ3) is 3.47. The predicted molar refractivity (Wildman–Crippen MR) is 59.2 cm³/mol. The van der Waals surface area contributed by atoms with E-state index in [-0.39, 0.29) is 6.10 Å². The monoisotopic (exact) mass is 214 g/mol. The molecule has 2 unspecified atom stereocenters. The largest absolute Gasteiger partial charge is 0.378 e. The first-order valence-corrected chi connectivity index (χ1v) is 5.79. The Hall–Kier alpha value is -0.610. The fourth-order valence-electron chi connectivity index (χ4n) is 2.00. The van der Waals surface area contributed by atoms with Crippen LogP contribution in [0.5, 0.6) is 0 Å². The third-order valence-electron chi connectivity index (χ3n) is 3.10. The van der Waals surface area contributed by atoms with Crippen LogP contribution in [0.15, 0.2) is 0 Å². The van der Waals surface area contributed by atoms with Crippen LogP contribution in [0.4, 0.5) is 0 Å². The van der Waals surface area contributed by atoms with Crippen LogP contribution in [0.1, 0.15) is 45.4 Å². The van der Waals surface area contributed by atoms with Crippen LogP contribution in [-0.2, 0) is 9.53 Å². The van der Waals surface area contributed by atoms with Crippen molar-refractivity contribution in [2.24, 2.45) is 11.5 Å².